The molecule has 6 nitrogen and oxygen atoms in total. The first-order chi connectivity index (χ1) is 15.1. The molecule has 0 saturated carbocycles. The fourth-order valence-corrected chi connectivity index (χ4v) is 3.04. The van der Waals surface area contributed by atoms with Gasteiger partial charge in [0, 0.05) is 34.8 Å². The van der Waals surface area contributed by atoms with Crippen molar-refractivity contribution < 1.29 is 19.1 Å². The van der Waals surface area contributed by atoms with Gasteiger partial charge in [-0.3, -0.25) is 9.59 Å². The van der Waals surface area contributed by atoms with Crippen molar-refractivity contribution in [3.8, 4) is 11.5 Å². The molecule has 0 fully saturated rings. The molecule has 0 atom stereocenters. The van der Waals surface area contributed by atoms with Crippen molar-refractivity contribution in [2.45, 2.75) is 6.61 Å². The van der Waals surface area contributed by atoms with Gasteiger partial charge in [-0.1, -0.05) is 48.0 Å². The quantitative estimate of drug-likeness (QED) is 0.493. The molecule has 0 bridgehead atoms. The summed E-state index contributed by atoms with van der Waals surface area (Å²) >= 11 is 6.16. The minimum Gasteiger partial charge on any atom is -0.493 e. The molecule has 3 aromatic rings. The molecule has 0 unspecified atom stereocenters. The standard InChI is InChI=1S/C24H23ClN2O4/c1-30-22-15-18(11-12-21(22)31-16-19-9-5-6-10-20(19)25)24(29)27-14-13-26-23(28)17-7-3-2-4-8-17/h2-12,15H,13-14,16H2,1H3,(H,26,28)(H,27,29). The Labute approximate surface area is 186 Å². The fraction of sp³-hybridized carbons (Fsp3) is 0.167. The van der Waals surface area contributed by atoms with Gasteiger partial charge in [-0.05, 0) is 36.4 Å². The average molecular weight is 439 g/mol. The molecule has 3 rings (SSSR count). The van der Waals surface area contributed by atoms with Gasteiger partial charge in [-0.2, -0.15) is 0 Å². The van der Waals surface area contributed by atoms with Crippen molar-refractivity contribution in [3.05, 3.63) is 94.5 Å². The smallest absolute Gasteiger partial charge is 0.251 e. The van der Waals surface area contributed by atoms with E-state index in [2.05, 4.69) is 10.6 Å². The van der Waals surface area contributed by atoms with Crippen molar-refractivity contribution in [2.75, 3.05) is 20.2 Å². The molecular weight excluding hydrogens is 416 g/mol. The highest BCUT2D eigenvalue weighted by atomic mass is 35.5. The molecule has 0 aliphatic carbocycles. The normalized spacial score (nSPS) is 10.3. The lowest BCUT2D eigenvalue weighted by Crippen LogP contribution is -2.34. The van der Waals surface area contributed by atoms with E-state index in [4.69, 9.17) is 21.1 Å². The maximum Gasteiger partial charge on any atom is 0.251 e. The lowest BCUT2D eigenvalue weighted by Gasteiger charge is -2.13. The number of benzene rings is 3. The van der Waals surface area contributed by atoms with Crippen LogP contribution in [-0.4, -0.2) is 32.0 Å². The second-order valence-electron chi connectivity index (χ2n) is 6.62. The van der Waals surface area contributed by atoms with E-state index in [-0.39, 0.29) is 18.4 Å². The highest BCUT2D eigenvalue weighted by Gasteiger charge is 2.12. The van der Waals surface area contributed by atoms with Crippen LogP contribution in [0, 0.1) is 0 Å². The number of hydrogen-bond acceptors (Lipinski definition) is 4. The summed E-state index contributed by atoms with van der Waals surface area (Å²) in [6, 6.07) is 21.3. The predicted molar refractivity (Wildman–Crippen MR) is 120 cm³/mol. The van der Waals surface area contributed by atoms with Gasteiger partial charge in [0.15, 0.2) is 11.5 Å². The van der Waals surface area contributed by atoms with Crippen LogP contribution in [0.3, 0.4) is 0 Å². The molecule has 0 saturated heterocycles. The summed E-state index contributed by atoms with van der Waals surface area (Å²) in [5.41, 5.74) is 1.85. The van der Waals surface area contributed by atoms with Gasteiger partial charge in [0.1, 0.15) is 6.61 Å². The van der Waals surface area contributed by atoms with E-state index in [1.807, 2.05) is 24.3 Å². The minimum absolute atomic E-state index is 0.184. The van der Waals surface area contributed by atoms with Gasteiger partial charge in [0.05, 0.1) is 7.11 Å². The van der Waals surface area contributed by atoms with Crippen LogP contribution >= 0.6 is 11.6 Å². The molecule has 0 spiro atoms. The summed E-state index contributed by atoms with van der Waals surface area (Å²) in [7, 11) is 1.51. The van der Waals surface area contributed by atoms with Crippen molar-refractivity contribution in [2.24, 2.45) is 0 Å². The van der Waals surface area contributed by atoms with Crippen LogP contribution in [0.15, 0.2) is 72.8 Å². The zero-order valence-electron chi connectivity index (χ0n) is 17.1. The summed E-state index contributed by atoms with van der Waals surface area (Å²) in [4.78, 5) is 24.4. The van der Waals surface area contributed by atoms with E-state index in [9.17, 15) is 9.59 Å². The summed E-state index contributed by atoms with van der Waals surface area (Å²) < 4.78 is 11.2. The van der Waals surface area contributed by atoms with Crippen molar-refractivity contribution >= 4 is 23.4 Å². The molecule has 2 N–H and O–H groups in total. The van der Waals surface area contributed by atoms with E-state index >= 15 is 0 Å². The van der Waals surface area contributed by atoms with Gasteiger partial charge in [-0.25, -0.2) is 0 Å². The van der Waals surface area contributed by atoms with Gasteiger partial charge in [-0.15, -0.1) is 0 Å². The van der Waals surface area contributed by atoms with Crippen molar-refractivity contribution in [3.63, 3.8) is 0 Å². The molecule has 2 amide bonds. The topological polar surface area (TPSA) is 76.7 Å². The molecule has 160 valence electrons. The Bertz CT molecular complexity index is 1040. The van der Waals surface area contributed by atoms with Gasteiger partial charge < -0.3 is 20.1 Å². The van der Waals surface area contributed by atoms with Crippen LogP contribution in [0.2, 0.25) is 5.02 Å². The number of carbonyl (C=O) groups excluding carboxylic acids is 2. The molecular formula is C24H23ClN2O4. The van der Waals surface area contributed by atoms with Crippen LogP contribution in [0.4, 0.5) is 0 Å². The number of ether oxygens (including phenoxy) is 2. The number of nitrogens with one attached hydrogen (secondary N) is 2. The third-order valence-corrected chi connectivity index (χ3v) is 4.87. The van der Waals surface area contributed by atoms with Crippen LogP contribution in [0.1, 0.15) is 26.3 Å². The minimum atomic E-state index is -0.273. The van der Waals surface area contributed by atoms with Gasteiger partial charge >= 0.3 is 0 Å². The highest BCUT2D eigenvalue weighted by Crippen LogP contribution is 2.29. The molecule has 7 heteroatoms. The van der Waals surface area contributed by atoms with Gasteiger partial charge in [0.25, 0.3) is 11.8 Å². The molecule has 0 aliphatic heterocycles. The summed E-state index contributed by atoms with van der Waals surface area (Å²) in [5, 5.41) is 6.16. The Morgan fingerprint density at radius 3 is 2.13 bits per heavy atom. The number of amides is 2. The van der Waals surface area contributed by atoms with Gasteiger partial charge in [0.2, 0.25) is 0 Å². The lowest BCUT2D eigenvalue weighted by atomic mass is 10.2. The Morgan fingerprint density at radius 2 is 1.45 bits per heavy atom. The number of carbonyl (C=O) groups is 2. The first-order valence-electron chi connectivity index (χ1n) is 9.74. The number of hydrogen-bond donors (Lipinski definition) is 2. The molecule has 0 heterocycles. The largest absolute Gasteiger partial charge is 0.493 e. The Kier molecular flexibility index (Phi) is 7.90. The zero-order chi connectivity index (χ0) is 22.1. The third kappa shape index (κ3) is 6.23. The average Bonchev–Trinajstić information content (AvgIpc) is 2.81. The van der Waals surface area contributed by atoms with Crippen LogP contribution < -0.4 is 20.1 Å². The van der Waals surface area contributed by atoms with E-state index in [1.54, 1.807) is 48.5 Å². The Balaban J connectivity index is 1.52. The van der Waals surface area contributed by atoms with Crippen LogP contribution in [-0.2, 0) is 6.61 Å². The van der Waals surface area contributed by atoms with E-state index in [0.717, 1.165) is 5.56 Å². The van der Waals surface area contributed by atoms with Crippen molar-refractivity contribution in [1.82, 2.24) is 10.6 Å². The van der Waals surface area contributed by atoms with Crippen LogP contribution in [0.25, 0.3) is 0 Å². The monoisotopic (exact) mass is 438 g/mol. The van der Waals surface area contributed by atoms with E-state index in [0.29, 0.717) is 40.7 Å². The highest BCUT2D eigenvalue weighted by molar-refractivity contribution is 6.31. The molecule has 0 aliphatic rings. The van der Waals surface area contributed by atoms with E-state index < -0.39 is 0 Å². The SMILES string of the molecule is COc1cc(C(=O)NCCNC(=O)c2ccccc2)ccc1OCc1ccccc1Cl. The summed E-state index contributed by atoms with van der Waals surface area (Å²) in [5.74, 6) is 0.493. The first-order valence-corrected chi connectivity index (χ1v) is 10.1. The first kappa shape index (κ1) is 22.2. The van der Waals surface area contributed by atoms with Crippen molar-refractivity contribution in [1.29, 1.82) is 0 Å². The second kappa shape index (κ2) is 11.0. The maximum absolute atomic E-state index is 12.4. The van der Waals surface area contributed by atoms with E-state index in [1.165, 1.54) is 7.11 Å². The number of methoxy groups -OCH3 is 1. The van der Waals surface area contributed by atoms with Crippen LogP contribution in [0.5, 0.6) is 11.5 Å². The Hall–Kier alpha value is -3.51. The third-order valence-electron chi connectivity index (χ3n) is 4.50. The molecule has 0 radical (unpaired) electrons. The number of rotatable bonds is 9. The second-order valence-corrected chi connectivity index (χ2v) is 7.03. The molecule has 3 aromatic carbocycles. The summed E-state index contributed by atoms with van der Waals surface area (Å²) in [6.07, 6.45) is 0. The number of halogens is 1. The fourth-order valence-electron chi connectivity index (χ4n) is 2.84. The Morgan fingerprint density at radius 1 is 0.806 bits per heavy atom. The maximum atomic E-state index is 12.4. The molecule has 0 aromatic heterocycles. The summed E-state index contributed by atoms with van der Waals surface area (Å²) in [6.45, 7) is 0.892. The zero-order valence-corrected chi connectivity index (χ0v) is 17.8. The molecule has 31 heavy (non-hydrogen) atoms. The lowest BCUT2D eigenvalue weighted by molar-refractivity contribution is 0.0927. The predicted octanol–water partition coefficient (Wildman–Crippen LogP) is 4.09.